The van der Waals surface area contributed by atoms with Crippen molar-refractivity contribution in [2.45, 2.75) is 6.18 Å². The van der Waals surface area contributed by atoms with E-state index in [1.807, 2.05) is 0 Å². The van der Waals surface area contributed by atoms with E-state index in [0.29, 0.717) is 16.5 Å². The van der Waals surface area contributed by atoms with Gasteiger partial charge in [-0.2, -0.15) is 13.2 Å². The number of hydrogen-bond acceptors (Lipinski definition) is 2. The average molecular weight is 331 g/mol. The van der Waals surface area contributed by atoms with Gasteiger partial charge in [0.05, 0.1) is 24.0 Å². The molecule has 120 valence electrons. The van der Waals surface area contributed by atoms with Crippen LogP contribution in [0.2, 0.25) is 0 Å². The highest BCUT2D eigenvalue weighted by Gasteiger charge is 2.35. The molecule has 0 aliphatic heterocycles. The summed E-state index contributed by atoms with van der Waals surface area (Å²) in [5.74, 6) is -1.66. The van der Waals surface area contributed by atoms with Crippen molar-refractivity contribution < 1.29 is 27.5 Å². The van der Waals surface area contributed by atoms with Gasteiger partial charge in [0.25, 0.3) is 0 Å². The van der Waals surface area contributed by atoms with Crippen LogP contribution in [0.4, 0.5) is 18.9 Å². The molecule has 7 heteroatoms. The summed E-state index contributed by atoms with van der Waals surface area (Å²) in [6.07, 6.45) is -3.44. The van der Waals surface area contributed by atoms with Crippen LogP contribution in [0, 0.1) is 6.57 Å². The van der Waals surface area contributed by atoms with Gasteiger partial charge in [-0.1, -0.05) is 6.07 Å². The Morgan fingerprint density at radius 1 is 1.17 bits per heavy atom. The van der Waals surface area contributed by atoms with Crippen LogP contribution in [-0.4, -0.2) is 11.1 Å². The minimum Gasteiger partial charge on any atom is -0.478 e. The largest absolute Gasteiger partial charge is 0.478 e. The molecule has 1 heterocycles. The van der Waals surface area contributed by atoms with Crippen molar-refractivity contribution >= 4 is 22.6 Å². The lowest BCUT2D eigenvalue weighted by Gasteiger charge is -2.13. The van der Waals surface area contributed by atoms with Crippen LogP contribution in [0.25, 0.3) is 26.9 Å². The third-order valence-corrected chi connectivity index (χ3v) is 3.53. The Bertz CT molecular complexity index is 996. The number of benzene rings is 2. The fourth-order valence-electron chi connectivity index (χ4n) is 2.48. The van der Waals surface area contributed by atoms with E-state index in [1.54, 1.807) is 12.1 Å². The molecule has 24 heavy (non-hydrogen) atoms. The molecule has 0 aliphatic rings. The van der Waals surface area contributed by atoms with Crippen molar-refractivity contribution in [3.8, 4) is 11.1 Å². The van der Waals surface area contributed by atoms with Crippen molar-refractivity contribution in [2.24, 2.45) is 0 Å². The fraction of sp³-hybridized carbons (Fsp3) is 0.0588. The molecule has 0 amide bonds. The number of hydrogen-bond donors (Lipinski definition) is 1. The Labute approximate surface area is 133 Å². The highest BCUT2D eigenvalue weighted by Crippen LogP contribution is 2.38. The molecule has 3 rings (SSSR count). The Kier molecular flexibility index (Phi) is 3.53. The lowest BCUT2D eigenvalue weighted by Crippen LogP contribution is -2.13. The van der Waals surface area contributed by atoms with Gasteiger partial charge < -0.3 is 9.52 Å². The molecule has 0 saturated carbocycles. The van der Waals surface area contributed by atoms with E-state index in [4.69, 9.17) is 16.1 Å². The first-order valence-corrected chi connectivity index (χ1v) is 6.65. The summed E-state index contributed by atoms with van der Waals surface area (Å²) < 4.78 is 44.8. The summed E-state index contributed by atoms with van der Waals surface area (Å²) in [4.78, 5) is 14.3. The molecule has 1 aromatic heterocycles. The van der Waals surface area contributed by atoms with E-state index in [-0.39, 0.29) is 11.3 Å². The molecular formula is C17H8F3NO3. The van der Waals surface area contributed by atoms with Gasteiger partial charge in [-0.25, -0.2) is 9.64 Å². The van der Waals surface area contributed by atoms with Gasteiger partial charge in [-0.3, -0.25) is 0 Å². The first-order valence-electron chi connectivity index (χ1n) is 6.65. The molecule has 4 nitrogen and oxygen atoms in total. The van der Waals surface area contributed by atoms with Gasteiger partial charge in [0, 0.05) is 10.9 Å². The summed E-state index contributed by atoms with van der Waals surface area (Å²) in [6.45, 7) is 7.10. The minimum absolute atomic E-state index is 0.123. The standard InChI is InChI=1S/C17H8F3NO3/c1-21-11-6-10-4-5-24-15(10)13(8-11)9-2-3-12(16(22)23)14(7-9)17(18,19)20/h2-8H,(H,22,23). The number of carboxylic acid groups (broad SMARTS) is 1. The second-order valence-electron chi connectivity index (χ2n) is 5.01. The molecule has 0 atom stereocenters. The number of fused-ring (bicyclic) bond motifs is 1. The van der Waals surface area contributed by atoms with Gasteiger partial charge in [-0.15, -0.1) is 0 Å². The van der Waals surface area contributed by atoms with Crippen molar-refractivity contribution in [1.82, 2.24) is 0 Å². The summed E-state index contributed by atoms with van der Waals surface area (Å²) in [6, 6.07) is 7.50. The Balaban J connectivity index is 2.30. The molecule has 0 aliphatic carbocycles. The number of aromatic carboxylic acids is 1. The predicted octanol–water partition coefficient (Wildman–Crippen LogP) is 5.37. The smallest absolute Gasteiger partial charge is 0.417 e. The van der Waals surface area contributed by atoms with Crippen molar-refractivity contribution in [2.75, 3.05) is 0 Å². The van der Waals surface area contributed by atoms with Crippen LogP contribution in [0.5, 0.6) is 0 Å². The topological polar surface area (TPSA) is 54.8 Å². The maximum atomic E-state index is 13.2. The minimum atomic E-state index is -4.82. The quantitative estimate of drug-likeness (QED) is 0.643. The SMILES string of the molecule is [C-]#[N+]c1cc(-c2ccc(C(=O)O)c(C(F)(F)F)c2)c2occc2c1. The van der Waals surface area contributed by atoms with Crippen molar-refractivity contribution in [3.63, 3.8) is 0 Å². The Morgan fingerprint density at radius 3 is 2.54 bits per heavy atom. The zero-order chi connectivity index (χ0) is 17.5. The number of rotatable bonds is 2. The average Bonchev–Trinajstić information content (AvgIpc) is 3.00. The van der Waals surface area contributed by atoms with Gasteiger partial charge >= 0.3 is 12.1 Å². The second kappa shape index (κ2) is 5.42. The molecule has 1 N–H and O–H groups in total. The first-order chi connectivity index (χ1) is 11.3. The highest BCUT2D eigenvalue weighted by molar-refractivity contribution is 5.97. The van der Waals surface area contributed by atoms with E-state index in [1.165, 1.54) is 18.4 Å². The normalized spacial score (nSPS) is 11.4. The fourth-order valence-corrected chi connectivity index (χ4v) is 2.48. The maximum absolute atomic E-state index is 13.2. The van der Waals surface area contributed by atoms with Gasteiger partial charge in [-0.05, 0) is 35.9 Å². The van der Waals surface area contributed by atoms with Crippen LogP contribution < -0.4 is 0 Å². The molecule has 0 bridgehead atoms. The van der Waals surface area contributed by atoms with Gasteiger partial charge in [0.15, 0.2) is 5.69 Å². The third kappa shape index (κ3) is 2.58. The number of furan rings is 1. The van der Waals surface area contributed by atoms with Crippen LogP contribution in [0.15, 0.2) is 47.1 Å². The molecular weight excluding hydrogens is 323 g/mol. The van der Waals surface area contributed by atoms with Crippen LogP contribution >= 0.6 is 0 Å². The molecule has 0 radical (unpaired) electrons. The Hall–Kier alpha value is -3.27. The lowest BCUT2D eigenvalue weighted by molar-refractivity contribution is -0.138. The number of carbonyl (C=O) groups is 1. The number of carboxylic acids is 1. The molecule has 0 unspecified atom stereocenters. The van der Waals surface area contributed by atoms with Crippen LogP contribution in [-0.2, 0) is 6.18 Å². The van der Waals surface area contributed by atoms with E-state index in [9.17, 15) is 18.0 Å². The van der Waals surface area contributed by atoms with E-state index in [0.717, 1.165) is 12.1 Å². The summed E-state index contributed by atoms with van der Waals surface area (Å²) in [7, 11) is 0. The first kappa shape index (κ1) is 15.6. The van der Waals surface area contributed by atoms with E-state index in [2.05, 4.69) is 4.85 Å². The Morgan fingerprint density at radius 2 is 1.92 bits per heavy atom. The number of halogens is 3. The molecule has 0 fully saturated rings. The number of alkyl halides is 3. The van der Waals surface area contributed by atoms with E-state index < -0.39 is 23.3 Å². The highest BCUT2D eigenvalue weighted by atomic mass is 19.4. The lowest BCUT2D eigenvalue weighted by atomic mass is 9.97. The van der Waals surface area contributed by atoms with Gasteiger partial charge in [0.2, 0.25) is 0 Å². The summed E-state index contributed by atoms with van der Waals surface area (Å²) in [5, 5.41) is 9.53. The second-order valence-corrected chi connectivity index (χ2v) is 5.01. The summed E-state index contributed by atoms with van der Waals surface area (Å²) >= 11 is 0. The molecule has 0 spiro atoms. The van der Waals surface area contributed by atoms with Crippen molar-refractivity contribution in [1.29, 1.82) is 0 Å². The third-order valence-electron chi connectivity index (χ3n) is 3.53. The van der Waals surface area contributed by atoms with E-state index >= 15 is 0 Å². The predicted molar refractivity (Wildman–Crippen MR) is 79.9 cm³/mol. The molecule has 3 aromatic rings. The maximum Gasteiger partial charge on any atom is 0.417 e. The van der Waals surface area contributed by atoms with Gasteiger partial charge in [0.1, 0.15) is 5.58 Å². The monoisotopic (exact) mass is 331 g/mol. The van der Waals surface area contributed by atoms with Crippen LogP contribution in [0.1, 0.15) is 15.9 Å². The molecule has 0 saturated heterocycles. The molecule has 2 aromatic carbocycles. The summed E-state index contributed by atoms with van der Waals surface area (Å²) in [5.41, 5.74) is -1.08. The number of nitrogens with zero attached hydrogens (tertiary/aromatic N) is 1. The van der Waals surface area contributed by atoms with Crippen molar-refractivity contribution in [3.05, 3.63) is 65.2 Å². The zero-order valence-corrected chi connectivity index (χ0v) is 11.9. The van der Waals surface area contributed by atoms with Crippen LogP contribution in [0.3, 0.4) is 0 Å². The zero-order valence-electron chi connectivity index (χ0n) is 11.9.